The largest absolute Gasteiger partial charge is 0.476 e. The van der Waals surface area contributed by atoms with Gasteiger partial charge in [0.15, 0.2) is 6.10 Å². The predicted molar refractivity (Wildman–Crippen MR) is 111 cm³/mol. The molecule has 4 rings (SSSR count). The number of rotatable bonds is 4. The minimum Gasteiger partial charge on any atom is -0.476 e. The van der Waals surface area contributed by atoms with Crippen molar-refractivity contribution in [2.45, 2.75) is 11.0 Å². The van der Waals surface area contributed by atoms with E-state index in [0.717, 1.165) is 6.41 Å². The van der Waals surface area contributed by atoms with E-state index in [4.69, 9.17) is 16.3 Å². The van der Waals surface area contributed by atoms with Crippen LogP contribution in [0.3, 0.4) is 0 Å². The smallest absolute Gasteiger partial charge is 0.265 e. The molecule has 30 heavy (non-hydrogen) atoms. The van der Waals surface area contributed by atoms with Crippen molar-refractivity contribution >= 4 is 39.6 Å². The lowest BCUT2D eigenvalue weighted by Gasteiger charge is -2.38. The van der Waals surface area contributed by atoms with E-state index in [-0.39, 0.29) is 17.3 Å². The van der Waals surface area contributed by atoms with Crippen molar-refractivity contribution in [2.75, 3.05) is 37.0 Å². The molecule has 1 fully saturated rings. The second-order valence-corrected chi connectivity index (χ2v) is 9.33. The molecule has 2 aromatic rings. The third-order valence-electron chi connectivity index (χ3n) is 5.19. The number of carbonyl (C=O) groups is 2. The van der Waals surface area contributed by atoms with Gasteiger partial charge in [0.25, 0.3) is 15.9 Å². The first kappa shape index (κ1) is 20.5. The lowest BCUT2D eigenvalue weighted by molar-refractivity contribution is -0.141. The van der Waals surface area contributed by atoms with Gasteiger partial charge < -0.3 is 14.5 Å². The van der Waals surface area contributed by atoms with Crippen molar-refractivity contribution in [1.29, 1.82) is 0 Å². The minimum atomic E-state index is -3.93. The number of piperazine rings is 1. The monoisotopic (exact) mass is 449 g/mol. The third-order valence-corrected chi connectivity index (χ3v) is 7.23. The number of hydrogen-bond acceptors (Lipinski definition) is 5. The third kappa shape index (κ3) is 3.82. The topological polar surface area (TPSA) is 87.2 Å². The van der Waals surface area contributed by atoms with Gasteiger partial charge in [-0.3, -0.25) is 13.9 Å². The maximum absolute atomic E-state index is 13.3. The number of nitrogens with zero attached hydrogens (tertiary/aromatic N) is 3. The van der Waals surface area contributed by atoms with Crippen molar-refractivity contribution in [3.63, 3.8) is 0 Å². The summed E-state index contributed by atoms with van der Waals surface area (Å²) in [5, 5.41) is 0.429. The van der Waals surface area contributed by atoms with Crippen LogP contribution in [0.4, 0.5) is 5.69 Å². The fourth-order valence-corrected chi connectivity index (χ4v) is 5.15. The van der Waals surface area contributed by atoms with Crippen LogP contribution in [0.25, 0.3) is 0 Å². The molecule has 0 aliphatic carbocycles. The molecule has 0 aromatic heterocycles. The molecule has 1 saturated heterocycles. The van der Waals surface area contributed by atoms with Gasteiger partial charge in [-0.05, 0) is 36.4 Å². The number of anilines is 1. The lowest BCUT2D eigenvalue weighted by Crippen LogP contribution is -2.56. The van der Waals surface area contributed by atoms with Crippen LogP contribution in [0.2, 0.25) is 5.02 Å². The molecule has 2 aliphatic heterocycles. The number of ether oxygens (including phenoxy) is 1. The van der Waals surface area contributed by atoms with E-state index >= 15 is 0 Å². The zero-order valence-corrected chi connectivity index (χ0v) is 17.6. The van der Waals surface area contributed by atoms with Gasteiger partial charge in [-0.25, -0.2) is 8.42 Å². The molecule has 158 valence electrons. The van der Waals surface area contributed by atoms with Crippen LogP contribution in [0, 0.1) is 0 Å². The fraction of sp³-hybridized carbons (Fsp3) is 0.300. The van der Waals surface area contributed by atoms with Gasteiger partial charge in [0.05, 0.1) is 17.1 Å². The normalized spacial score (nSPS) is 19.1. The van der Waals surface area contributed by atoms with Gasteiger partial charge >= 0.3 is 0 Å². The van der Waals surface area contributed by atoms with Crippen LogP contribution in [0.15, 0.2) is 53.4 Å². The Labute approximate surface area is 179 Å². The second kappa shape index (κ2) is 8.16. The molecule has 0 N–H and O–H groups in total. The van der Waals surface area contributed by atoms with Crippen LogP contribution in [-0.2, 0) is 19.6 Å². The number of amides is 2. The number of fused-ring (bicyclic) bond motifs is 1. The van der Waals surface area contributed by atoms with Crippen molar-refractivity contribution in [3.05, 3.63) is 53.6 Å². The summed E-state index contributed by atoms with van der Waals surface area (Å²) in [7, 11) is -3.93. The van der Waals surface area contributed by atoms with Crippen LogP contribution in [-0.4, -0.2) is 69.4 Å². The first-order valence-electron chi connectivity index (χ1n) is 9.42. The molecule has 10 heteroatoms. The summed E-state index contributed by atoms with van der Waals surface area (Å²) >= 11 is 5.90. The first-order valence-corrected chi connectivity index (χ1v) is 11.2. The van der Waals surface area contributed by atoms with Gasteiger partial charge in [-0.15, -0.1) is 0 Å². The molecule has 0 bridgehead atoms. The number of carbonyl (C=O) groups excluding carboxylic acids is 2. The van der Waals surface area contributed by atoms with Crippen molar-refractivity contribution in [2.24, 2.45) is 0 Å². The highest BCUT2D eigenvalue weighted by Crippen LogP contribution is 2.37. The first-order chi connectivity index (χ1) is 14.4. The lowest BCUT2D eigenvalue weighted by atomic mass is 10.2. The van der Waals surface area contributed by atoms with E-state index in [1.54, 1.807) is 34.1 Å². The Morgan fingerprint density at radius 3 is 2.37 bits per heavy atom. The van der Waals surface area contributed by atoms with Crippen molar-refractivity contribution in [3.8, 4) is 5.75 Å². The van der Waals surface area contributed by atoms with Crippen LogP contribution in [0.1, 0.15) is 0 Å². The maximum Gasteiger partial charge on any atom is 0.265 e. The molecular formula is C20H20ClN3O5S. The Bertz CT molecular complexity index is 1050. The Morgan fingerprint density at radius 1 is 1.03 bits per heavy atom. The van der Waals surface area contributed by atoms with E-state index in [2.05, 4.69) is 0 Å². The van der Waals surface area contributed by atoms with Crippen LogP contribution in [0.5, 0.6) is 5.75 Å². The number of halogens is 1. The highest BCUT2D eigenvalue weighted by atomic mass is 35.5. The van der Waals surface area contributed by atoms with Gasteiger partial charge in [0, 0.05) is 31.2 Å². The Morgan fingerprint density at radius 2 is 1.70 bits per heavy atom. The molecular weight excluding hydrogens is 430 g/mol. The molecule has 2 amide bonds. The zero-order chi connectivity index (χ0) is 21.3. The Kier molecular flexibility index (Phi) is 5.57. The highest BCUT2D eigenvalue weighted by molar-refractivity contribution is 7.92. The van der Waals surface area contributed by atoms with E-state index in [1.807, 2.05) is 0 Å². The van der Waals surface area contributed by atoms with Gasteiger partial charge in [-0.2, -0.15) is 0 Å². The van der Waals surface area contributed by atoms with E-state index in [1.165, 1.54) is 28.6 Å². The number of para-hydroxylation sites is 2. The molecule has 0 spiro atoms. The zero-order valence-electron chi connectivity index (χ0n) is 16.0. The Hall–Kier alpha value is -2.78. The van der Waals surface area contributed by atoms with E-state index < -0.39 is 16.1 Å². The summed E-state index contributed by atoms with van der Waals surface area (Å²) in [5.41, 5.74) is 0.377. The average molecular weight is 450 g/mol. The SMILES string of the molecule is O=CN1CCN(C(=O)[C@H]2CN(S(=O)(=O)c3ccc(Cl)cc3)c3ccccc3O2)CC1. The molecule has 0 radical (unpaired) electrons. The minimum absolute atomic E-state index is 0.0781. The number of benzene rings is 2. The second-order valence-electron chi connectivity index (χ2n) is 7.03. The number of hydrogen-bond donors (Lipinski definition) is 0. The van der Waals surface area contributed by atoms with Gasteiger partial charge in [0.1, 0.15) is 5.75 Å². The van der Waals surface area contributed by atoms with Crippen LogP contribution >= 0.6 is 11.6 Å². The molecule has 2 aromatic carbocycles. The summed E-state index contributed by atoms with van der Waals surface area (Å²) in [4.78, 5) is 27.2. The van der Waals surface area contributed by atoms with Crippen LogP contribution < -0.4 is 9.04 Å². The molecule has 8 nitrogen and oxygen atoms in total. The van der Waals surface area contributed by atoms with Crippen molar-refractivity contribution in [1.82, 2.24) is 9.80 Å². The predicted octanol–water partition coefficient (Wildman–Crippen LogP) is 1.60. The van der Waals surface area contributed by atoms with Gasteiger partial charge in [-0.1, -0.05) is 23.7 Å². The molecule has 2 aliphatic rings. The average Bonchev–Trinajstić information content (AvgIpc) is 2.78. The molecule has 1 atom stereocenters. The Balaban J connectivity index is 1.63. The van der Waals surface area contributed by atoms with E-state index in [9.17, 15) is 18.0 Å². The number of sulfonamides is 1. The summed E-state index contributed by atoms with van der Waals surface area (Å²) in [6.07, 6.45) is -0.222. The molecule has 0 unspecified atom stereocenters. The summed E-state index contributed by atoms with van der Waals surface area (Å²) in [5.74, 6) is 0.0255. The maximum atomic E-state index is 13.3. The molecule has 2 heterocycles. The van der Waals surface area contributed by atoms with Gasteiger partial charge in [0.2, 0.25) is 6.41 Å². The summed E-state index contributed by atoms with van der Waals surface area (Å²) < 4.78 is 33.8. The summed E-state index contributed by atoms with van der Waals surface area (Å²) in [6, 6.07) is 12.6. The fourth-order valence-electron chi connectivity index (χ4n) is 3.54. The quantitative estimate of drug-likeness (QED) is 0.661. The van der Waals surface area contributed by atoms with Crippen molar-refractivity contribution < 1.29 is 22.7 Å². The standard InChI is InChI=1S/C20H20ClN3O5S/c21-15-5-7-16(8-6-15)30(27,28)24-13-19(29-18-4-2-1-3-17(18)24)20(26)23-11-9-22(14-25)10-12-23/h1-8,14,19H,9-13H2/t19-/m1/s1. The molecule has 0 saturated carbocycles. The summed E-state index contributed by atoms with van der Waals surface area (Å²) in [6.45, 7) is 1.48. The van der Waals surface area contributed by atoms with E-state index in [0.29, 0.717) is 42.6 Å². The highest BCUT2D eigenvalue weighted by Gasteiger charge is 2.39.